The van der Waals surface area contributed by atoms with Crippen LogP contribution in [0.5, 0.6) is 0 Å². The first kappa shape index (κ1) is 17.0. The van der Waals surface area contributed by atoms with Gasteiger partial charge in [0.15, 0.2) is 0 Å². The molecule has 126 valence electrons. The highest BCUT2D eigenvalue weighted by Crippen LogP contribution is 2.36. The number of benzene rings is 1. The van der Waals surface area contributed by atoms with Crippen molar-refractivity contribution in [2.45, 2.75) is 43.8 Å². The Morgan fingerprint density at radius 2 is 1.75 bits per heavy atom. The van der Waals surface area contributed by atoms with Crippen molar-refractivity contribution in [1.29, 1.82) is 0 Å². The lowest BCUT2D eigenvalue weighted by Gasteiger charge is -2.22. The topological polar surface area (TPSA) is 37.4 Å². The Morgan fingerprint density at radius 1 is 1.04 bits per heavy atom. The van der Waals surface area contributed by atoms with Crippen LogP contribution in [0.2, 0.25) is 0 Å². The van der Waals surface area contributed by atoms with Crippen molar-refractivity contribution in [3.05, 3.63) is 59.0 Å². The quantitative estimate of drug-likeness (QED) is 0.501. The molecule has 0 fully saturated rings. The van der Waals surface area contributed by atoms with Crippen molar-refractivity contribution >= 4 is 23.6 Å². The molecule has 0 N–H and O–H groups in total. The van der Waals surface area contributed by atoms with Gasteiger partial charge in [-0.3, -0.25) is 14.5 Å². The summed E-state index contributed by atoms with van der Waals surface area (Å²) in [6.45, 7) is 0.538. The van der Waals surface area contributed by atoms with E-state index in [1.165, 1.54) is 40.4 Å². The lowest BCUT2D eigenvalue weighted by molar-refractivity contribution is -0.136. The van der Waals surface area contributed by atoms with Gasteiger partial charge in [-0.2, -0.15) is 0 Å². The lowest BCUT2D eigenvalue weighted by Crippen LogP contribution is -2.30. The third kappa shape index (κ3) is 4.60. The second kappa shape index (κ2) is 8.34. The third-order valence-corrected chi connectivity index (χ3v) is 5.85. The molecule has 2 amide bonds. The highest BCUT2D eigenvalue weighted by Gasteiger charge is 2.22. The summed E-state index contributed by atoms with van der Waals surface area (Å²) in [5.41, 5.74) is 1.38. The van der Waals surface area contributed by atoms with Crippen molar-refractivity contribution in [3.63, 3.8) is 0 Å². The molecule has 0 radical (unpaired) electrons. The number of carbonyl (C=O) groups excluding carboxylic acids is 2. The van der Waals surface area contributed by atoms with Gasteiger partial charge in [-0.05, 0) is 42.6 Å². The van der Waals surface area contributed by atoms with Crippen LogP contribution in [0.4, 0.5) is 0 Å². The molecule has 1 aliphatic carbocycles. The molecule has 0 spiro atoms. The van der Waals surface area contributed by atoms with E-state index in [-0.39, 0.29) is 11.8 Å². The number of allylic oxidation sites excluding steroid dienone is 2. The molecule has 4 heteroatoms. The molecular formula is C20H23NO2S. The summed E-state index contributed by atoms with van der Waals surface area (Å²) in [7, 11) is 0. The monoisotopic (exact) mass is 341 g/mol. The Morgan fingerprint density at radius 3 is 2.38 bits per heavy atom. The molecule has 3 rings (SSSR count). The SMILES string of the molecule is O=C1C=CC(=O)N1CCCCC(Cc1ccccc1)SC1=CCC1. The molecule has 24 heavy (non-hydrogen) atoms. The van der Waals surface area contributed by atoms with Crippen molar-refractivity contribution in [2.24, 2.45) is 0 Å². The summed E-state index contributed by atoms with van der Waals surface area (Å²) in [4.78, 5) is 26.0. The minimum absolute atomic E-state index is 0.171. The Labute approximate surface area is 147 Å². The van der Waals surface area contributed by atoms with Crippen LogP contribution in [0.3, 0.4) is 0 Å². The van der Waals surface area contributed by atoms with Gasteiger partial charge in [0, 0.05) is 23.9 Å². The molecule has 1 heterocycles. The van der Waals surface area contributed by atoms with Gasteiger partial charge in [0.2, 0.25) is 0 Å². The number of imide groups is 1. The predicted molar refractivity (Wildman–Crippen MR) is 98.6 cm³/mol. The van der Waals surface area contributed by atoms with E-state index in [9.17, 15) is 9.59 Å². The molecule has 3 nitrogen and oxygen atoms in total. The van der Waals surface area contributed by atoms with Crippen LogP contribution in [0, 0.1) is 0 Å². The van der Waals surface area contributed by atoms with Crippen molar-refractivity contribution in [2.75, 3.05) is 6.54 Å². The van der Waals surface area contributed by atoms with Gasteiger partial charge in [0.05, 0.1) is 0 Å². The molecule has 0 aromatic heterocycles. The minimum atomic E-state index is -0.171. The number of nitrogens with zero attached hydrogens (tertiary/aromatic N) is 1. The van der Waals surface area contributed by atoms with Crippen LogP contribution < -0.4 is 0 Å². The summed E-state index contributed by atoms with van der Waals surface area (Å²) in [6, 6.07) is 10.6. The van der Waals surface area contributed by atoms with Crippen LogP contribution in [0.15, 0.2) is 53.5 Å². The molecule has 1 atom stereocenters. The predicted octanol–water partition coefficient (Wildman–Crippen LogP) is 4.10. The molecule has 0 saturated heterocycles. The standard InChI is InChI=1S/C20H23NO2S/c22-19-12-13-20(23)21(19)14-5-4-9-18(24-17-10-6-11-17)15-16-7-2-1-3-8-16/h1-3,7-8,10,12-13,18H,4-6,9,11,14-15H2. The maximum absolute atomic E-state index is 11.6. The molecule has 1 unspecified atom stereocenters. The zero-order valence-corrected chi connectivity index (χ0v) is 14.6. The molecule has 0 saturated carbocycles. The maximum Gasteiger partial charge on any atom is 0.253 e. The first-order chi connectivity index (χ1) is 11.7. The van der Waals surface area contributed by atoms with Gasteiger partial charge >= 0.3 is 0 Å². The number of hydrogen-bond acceptors (Lipinski definition) is 3. The Bertz CT molecular complexity index is 633. The summed E-state index contributed by atoms with van der Waals surface area (Å²) >= 11 is 2.01. The Balaban J connectivity index is 1.46. The molecule has 1 aliphatic heterocycles. The fraction of sp³-hybridized carbons (Fsp3) is 0.400. The average molecular weight is 341 g/mol. The highest BCUT2D eigenvalue weighted by molar-refractivity contribution is 8.03. The van der Waals surface area contributed by atoms with E-state index >= 15 is 0 Å². The average Bonchev–Trinajstić information content (AvgIpc) is 2.87. The van der Waals surface area contributed by atoms with Gasteiger partial charge in [-0.1, -0.05) is 42.8 Å². The van der Waals surface area contributed by atoms with E-state index in [1.807, 2.05) is 11.8 Å². The molecule has 2 aliphatic rings. The van der Waals surface area contributed by atoms with Gasteiger partial charge in [0.1, 0.15) is 0 Å². The third-order valence-electron chi connectivity index (χ3n) is 4.45. The Kier molecular flexibility index (Phi) is 5.91. The normalized spacial score (nSPS) is 17.8. The fourth-order valence-electron chi connectivity index (χ4n) is 2.96. The molecule has 1 aromatic carbocycles. The van der Waals surface area contributed by atoms with E-state index in [2.05, 4.69) is 36.4 Å². The fourth-order valence-corrected chi connectivity index (χ4v) is 4.39. The lowest BCUT2D eigenvalue weighted by atomic mass is 10.1. The number of unbranched alkanes of at least 4 members (excludes halogenated alkanes) is 1. The van der Waals surface area contributed by atoms with Crippen LogP contribution in [0.1, 0.15) is 37.7 Å². The second-order valence-corrected chi connectivity index (χ2v) is 7.72. The molecule has 1 aromatic rings. The van der Waals surface area contributed by atoms with Crippen LogP contribution in [0.25, 0.3) is 0 Å². The van der Waals surface area contributed by atoms with Crippen molar-refractivity contribution in [1.82, 2.24) is 4.90 Å². The van der Waals surface area contributed by atoms with E-state index in [4.69, 9.17) is 0 Å². The van der Waals surface area contributed by atoms with Crippen LogP contribution in [-0.4, -0.2) is 28.5 Å². The van der Waals surface area contributed by atoms with Gasteiger partial charge in [-0.15, -0.1) is 11.8 Å². The second-order valence-electron chi connectivity index (χ2n) is 6.30. The molecule has 0 bridgehead atoms. The van der Waals surface area contributed by atoms with Gasteiger partial charge in [0.25, 0.3) is 11.8 Å². The maximum atomic E-state index is 11.6. The minimum Gasteiger partial charge on any atom is -0.275 e. The van der Waals surface area contributed by atoms with E-state index in [1.54, 1.807) is 0 Å². The Hall–Kier alpha value is -1.81. The number of amides is 2. The van der Waals surface area contributed by atoms with E-state index < -0.39 is 0 Å². The number of carbonyl (C=O) groups is 2. The first-order valence-electron chi connectivity index (χ1n) is 8.65. The van der Waals surface area contributed by atoms with Crippen LogP contribution >= 0.6 is 11.8 Å². The van der Waals surface area contributed by atoms with E-state index in [0.717, 1.165) is 25.7 Å². The largest absolute Gasteiger partial charge is 0.275 e. The zero-order chi connectivity index (χ0) is 16.8. The van der Waals surface area contributed by atoms with Gasteiger partial charge < -0.3 is 0 Å². The van der Waals surface area contributed by atoms with Gasteiger partial charge in [-0.25, -0.2) is 0 Å². The van der Waals surface area contributed by atoms with Crippen LogP contribution in [-0.2, 0) is 16.0 Å². The molecular weight excluding hydrogens is 318 g/mol. The summed E-state index contributed by atoms with van der Waals surface area (Å²) in [6.07, 6.45) is 11.6. The number of rotatable bonds is 9. The number of thioether (sulfide) groups is 1. The first-order valence-corrected chi connectivity index (χ1v) is 9.53. The smallest absolute Gasteiger partial charge is 0.253 e. The summed E-state index contributed by atoms with van der Waals surface area (Å²) in [5.74, 6) is -0.343. The van der Waals surface area contributed by atoms with E-state index in [0.29, 0.717) is 11.8 Å². The highest BCUT2D eigenvalue weighted by atomic mass is 32.2. The summed E-state index contributed by atoms with van der Waals surface area (Å²) < 4.78 is 0. The zero-order valence-electron chi connectivity index (χ0n) is 13.8. The summed E-state index contributed by atoms with van der Waals surface area (Å²) in [5, 5.41) is 0.571. The van der Waals surface area contributed by atoms with Crippen molar-refractivity contribution in [3.8, 4) is 0 Å². The number of hydrogen-bond donors (Lipinski definition) is 0. The van der Waals surface area contributed by atoms with Crippen molar-refractivity contribution < 1.29 is 9.59 Å².